The van der Waals surface area contributed by atoms with Gasteiger partial charge < -0.3 is 33.3 Å². The van der Waals surface area contributed by atoms with E-state index < -0.39 is 0 Å². The number of amides is 1. The number of rotatable bonds is 17. The van der Waals surface area contributed by atoms with Crippen LogP contribution in [-0.2, 0) is 16.7 Å². The van der Waals surface area contributed by atoms with Gasteiger partial charge in [-0.25, -0.2) is 4.98 Å². The number of benzene rings is 3. The number of unbranched alkanes of at least 4 members (excludes halogenated alkanes) is 1. The third-order valence-electron chi connectivity index (χ3n) is 9.68. The van der Waals surface area contributed by atoms with Crippen LogP contribution < -0.4 is 14.2 Å². The van der Waals surface area contributed by atoms with Gasteiger partial charge in [0.2, 0.25) is 5.75 Å². The maximum atomic E-state index is 13.6. The second-order valence-corrected chi connectivity index (χ2v) is 13.0. The van der Waals surface area contributed by atoms with Gasteiger partial charge in [-0.05, 0) is 82.1 Å². The zero-order valence-electron chi connectivity index (χ0n) is 31.3. The topological polar surface area (TPSA) is 102 Å². The highest BCUT2D eigenvalue weighted by atomic mass is 16.5. The number of hydrogen-bond donors (Lipinski definition) is 0. The number of carbonyl (C=O) groups excluding carboxylic acids is 1. The van der Waals surface area contributed by atoms with E-state index in [1.807, 2.05) is 42.2 Å². The lowest BCUT2D eigenvalue weighted by molar-refractivity contribution is 0.0780. The van der Waals surface area contributed by atoms with Crippen molar-refractivity contribution in [3.63, 3.8) is 0 Å². The van der Waals surface area contributed by atoms with Crippen LogP contribution in [0.3, 0.4) is 0 Å². The number of carbonyl (C=O) groups is 1. The second kappa shape index (κ2) is 19.7. The first kappa shape index (κ1) is 39.2. The van der Waals surface area contributed by atoms with Crippen molar-refractivity contribution in [1.29, 1.82) is 5.26 Å². The number of nitrogens with zero attached hydrogens (tertiary/aromatic N) is 5. The highest BCUT2D eigenvalue weighted by molar-refractivity contribution is 5.96. The molecule has 10 heteroatoms. The number of likely N-dealkylation sites (tertiary alicyclic amines) is 1. The molecule has 0 N–H and O–H groups in total. The van der Waals surface area contributed by atoms with Crippen LogP contribution in [0.25, 0.3) is 11.0 Å². The number of methoxy groups -OCH3 is 3. The van der Waals surface area contributed by atoms with Crippen molar-refractivity contribution < 1.29 is 23.7 Å². The van der Waals surface area contributed by atoms with Gasteiger partial charge in [-0.1, -0.05) is 62.7 Å². The number of nitriles is 1. The van der Waals surface area contributed by atoms with E-state index >= 15 is 0 Å². The summed E-state index contributed by atoms with van der Waals surface area (Å²) in [6.45, 7) is 12.6. The Morgan fingerprint density at radius 3 is 2.29 bits per heavy atom. The summed E-state index contributed by atoms with van der Waals surface area (Å²) in [4.78, 5) is 22.7. The summed E-state index contributed by atoms with van der Waals surface area (Å²) in [7, 11) is 4.71. The predicted molar refractivity (Wildman–Crippen MR) is 202 cm³/mol. The van der Waals surface area contributed by atoms with E-state index in [0.717, 1.165) is 68.8 Å². The molecule has 1 unspecified atom stereocenters. The molecular weight excluding hydrogens is 642 g/mol. The zero-order chi connectivity index (χ0) is 36.6. The third-order valence-corrected chi connectivity index (χ3v) is 9.68. The molecule has 0 aliphatic carbocycles. The van der Waals surface area contributed by atoms with Gasteiger partial charge in [0, 0.05) is 30.6 Å². The highest BCUT2D eigenvalue weighted by Gasteiger charge is 2.41. The summed E-state index contributed by atoms with van der Waals surface area (Å²) < 4.78 is 23.6. The number of para-hydroxylation sites is 2. The molecule has 2 heterocycles. The Labute approximate surface area is 303 Å². The molecule has 4 aromatic rings. The Morgan fingerprint density at radius 1 is 0.941 bits per heavy atom. The van der Waals surface area contributed by atoms with Gasteiger partial charge in [0.15, 0.2) is 11.5 Å². The van der Waals surface area contributed by atoms with Crippen molar-refractivity contribution in [3.05, 3.63) is 83.7 Å². The van der Waals surface area contributed by atoms with Gasteiger partial charge >= 0.3 is 0 Å². The molecule has 1 fully saturated rings. The summed E-state index contributed by atoms with van der Waals surface area (Å²) in [5, 5.41) is 8.36. The van der Waals surface area contributed by atoms with Crippen molar-refractivity contribution in [2.45, 2.75) is 64.8 Å². The van der Waals surface area contributed by atoms with Crippen molar-refractivity contribution in [3.8, 4) is 23.3 Å². The first-order chi connectivity index (χ1) is 24.8. The molecule has 0 bridgehead atoms. The fourth-order valence-electron chi connectivity index (χ4n) is 6.97. The van der Waals surface area contributed by atoms with Gasteiger partial charge in [-0.2, -0.15) is 5.26 Å². The molecule has 5 rings (SSSR count). The van der Waals surface area contributed by atoms with E-state index in [1.165, 1.54) is 18.4 Å². The quantitative estimate of drug-likeness (QED) is 0.106. The molecule has 1 aromatic heterocycles. The maximum Gasteiger partial charge on any atom is 0.254 e. The largest absolute Gasteiger partial charge is 0.493 e. The molecule has 10 nitrogen and oxygen atoms in total. The highest BCUT2D eigenvalue weighted by Crippen LogP contribution is 2.41. The van der Waals surface area contributed by atoms with Crippen LogP contribution in [0.15, 0.2) is 66.7 Å². The van der Waals surface area contributed by atoms with Gasteiger partial charge in [0.25, 0.3) is 5.91 Å². The fourth-order valence-corrected chi connectivity index (χ4v) is 6.97. The summed E-state index contributed by atoms with van der Waals surface area (Å²) in [5.41, 5.74) is 3.95. The lowest BCUT2D eigenvalue weighted by Gasteiger charge is -2.33. The molecule has 0 spiro atoms. The van der Waals surface area contributed by atoms with E-state index in [4.69, 9.17) is 24.2 Å². The van der Waals surface area contributed by atoms with Gasteiger partial charge in [0.1, 0.15) is 12.4 Å². The Balaban J connectivity index is 0.000000302. The van der Waals surface area contributed by atoms with Crippen molar-refractivity contribution in [1.82, 2.24) is 19.4 Å². The van der Waals surface area contributed by atoms with Gasteiger partial charge in [-0.3, -0.25) is 4.79 Å². The van der Waals surface area contributed by atoms with Crippen molar-refractivity contribution in [2.24, 2.45) is 0 Å². The van der Waals surface area contributed by atoms with Crippen molar-refractivity contribution >= 4 is 16.9 Å². The van der Waals surface area contributed by atoms with Crippen molar-refractivity contribution in [2.75, 3.05) is 67.3 Å². The molecule has 274 valence electrons. The minimum atomic E-state index is -0.0459. The summed E-state index contributed by atoms with van der Waals surface area (Å²) in [6.07, 6.45) is 5.60. The molecule has 1 aliphatic heterocycles. The molecule has 1 amide bonds. The van der Waals surface area contributed by atoms with Crippen LogP contribution in [0.5, 0.6) is 17.2 Å². The minimum Gasteiger partial charge on any atom is -0.493 e. The lowest BCUT2D eigenvalue weighted by atomic mass is 9.76. The van der Waals surface area contributed by atoms with Crippen LogP contribution in [0, 0.1) is 18.3 Å². The van der Waals surface area contributed by atoms with Gasteiger partial charge in [0.05, 0.1) is 45.0 Å². The zero-order valence-corrected chi connectivity index (χ0v) is 31.3. The number of fused-ring (bicyclic) bond motifs is 1. The van der Waals surface area contributed by atoms with Crippen LogP contribution >= 0.6 is 0 Å². The number of imidazole rings is 1. The smallest absolute Gasteiger partial charge is 0.254 e. The molecule has 0 saturated carbocycles. The Kier molecular flexibility index (Phi) is 15.1. The van der Waals surface area contributed by atoms with E-state index in [0.29, 0.717) is 36.0 Å². The molecular formula is C41H55N5O5. The van der Waals surface area contributed by atoms with E-state index in [2.05, 4.69) is 58.6 Å². The van der Waals surface area contributed by atoms with Gasteiger partial charge in [-0.15, -0.1) is 0 Å². The average molecular weight is 698 g/mol. The Bertz CT molecular complexity index is 1690. The standard InChI is InChI=1S/C29H42N2O4.C12H13N3O/c1-6-8-17-30(16-7-2)18-14-29(24-12-10-9-11-13-24)15-19-31(22-29)28(32)23-20-25(33-3)27(35-5)26(21-23)34-4;1-10-14-11-4-2-3-5-12(11)15(10)7-9-16-8-6-13/h9-13,20-21H,6-8,14-19,22H2,1-5H3;2-5H,7-9H2,1H3. The Hall–Kier alpha value is -4.59. The van der Waals surface area contributed by atoms with E-state index in [-0.39, 0.29) is 17.9 Å². The monoisotopic (exact) mass is 697 g/mol. The van der Waals surface area contributed by atoms with Crippen LogP contribution in [-0.4, -0.2) is 92.5 Å². The molecule has 3 aromatic carbocycles. The van der Waals surface area contributed by atoms with Crippen LogP contribution in [0.1, 0.15) is 67.7 Å². The van der Waals surface area contributed by atoms with Crippen LogP contribution in [0.2, 0.25) is 0 Å². The second-order valence-electron chi connectivity index (χ2n) is 13.0. The number of hydrogen-bond acceptors (Lipinski definition) is 8. The summed E-state index contributed by atoms with van der Waals surface area (Å²) in [6, 6.07) is 24.2. The normalized spacial score (nSPS) is 15.4. The first-order valence-electron chi connectivity index (χ1n) is 18.1. The predicted octanol–water partition coefficient (Wildman–Crippen LogP) is 7.28. The molecule has 1 saturated heterocycles. The summed E-state index contributed by atoms with van der Waals surface area (Å²) in [5.74, 6) is 2.46. The molecule has 1 aliphatic rings. The molecule has 51 heavy (non-hydrogen) atoms. The first-order valence-corrected chi connectivity index (χ1v) is 18.1. The lowest BCUT2D eigenvalue weighted by Crippen LogP contribution is -2.38. The minimum absolute atomic E-state index is 0.00143. The molecule has 1 atom stereocenters. The summed E-state index contributed by atoms with van der Waals surface area (Å²) >= 11 is 0. The van der Waals surface area contributed by atoms with E-state index in [9.17, 15) is 4.79 Å². The molecule has 0 radical (unpaired) electrons. The average Bonchev–Trinajstić information content (AvgIpc) is 3.75. The number of aryl methyl sites for hydroxylation is 1. The fraction of sp³-hybridized carbons (Fsp3) is 0.488. The maximum absolute atomic E-state index is 13.6. The third kappa shape index (κ3) is 10.0. The Morgan fingerprint density at radius 2 is 1.65 bits per heavy atom. The number of aromatic nitrogens is 2. The SMILES string of the molecule is CCCCN(CCC)CCC1(c2ccccc2)CCN(C(=O)c2cc(OC)c(OC)c(OC)c2)C1.Cc1nc2ccccc2n1CCOCC#N. The van der Waals surface area contributed by atoms with E-state index in [1.54, 1.807) is 33.5 Å². The van der Waals surface area contributed by atoms with Crippen LogP contribution in [0.4, 0.5) is 0 Å². The number of ether oxygens (including phenoxy) is 4.